The molecule has 9 nitrogen and oxygen atoms in total. The van der Waals surface area contributed by atoms with Gasteiger partial charge in [-0.25, -0.2) is 9.18 Å². The number of amides is 2. The van der Waals surface area contributed by atoms with E-state index in [0.29, 0.717) is 34.8 Å². The van der Waals surface area contributed by atoms with E-state index in [2.05, 4.69) is 20.8 Å². The van der Waals surface area contributed by atoms with Crippen molar-refractivity contribution in [3.05, 3.63) is 83.9 Å². The predicted molar refractivity (Wildman–Crippen MR) is 128 cm³/mol. The zero-order valence-electron chi connectivity index (χ0n) is 18.9. The molecule has 0 aliphatic carbocycles. The van der Waals surface area contributed by atoms with Crippen molar-refractivity contribution in [2.75, 3.05) is 18.0 Å². The number of nitrogens with zero attached hydrogens (tertiary/aromatic N) is 3. The molecule has 10 heteroatoms. The number of anilines is 1. The molecule has 180 valence electrons. The number of halogens is 1. The number of hydrogen-bond donors (Lipinski definition) is 3. The fraction of sp³-hybridized carbons (Fsp3) is 0.200. The van der Waals surface area contributed by atoms with Gasteiger partial charge in [0.25, 0.3) is 0 Å². The van der Waals surface area contributed by atoms with Crippen molar-refractivity contribution in [2.24, 2.45) is 4.99 Å². The van der Waals surface area contributed by atoms with Crippen molar-refractivity contribution in [1.82, 2.24) is 15.8 Å². The number of hydrogen-bond acceptors (Lipinski definition) is 6. The minimum absolute atomic E-state index is 0.201. The summed E-state index contributed by atoms with van der Waals surface area (Å²) < 4.78 is 20.2. The van der Waals surface area contributed by atoms with Crippen LogP contribution < -0.4 is 15.7 Å². The predicted octanol–water partition coefficient (Wildman–Crippen LogP) is 3.27. The molecule has 3 aromatic rings. The van der Waals surface area contributed by atoms with Crippen molar-refractivity contribution >= 4 is 23.5 Å². The summed E-state index contributed by atoms with van der Waals surface area (Å²) in [7, 11) is 0. The molecule has 1 fully saturated rings. The molecule has 1 atom stereocenters. The Balaban J connectivity index is 1.44. The van der Waals surface area contributed by atoms with E-state index in [1.165, 1.54) is 17.9 Å². The molecule has 3 N–H and O–H groups in total. The van der Waals surface area contributed by atoms with Crippen molar-refractivity contribution < 1.29 is 23.9 Å². The first kappa shape index (κ1) is 23.8. The lowest BCUT2D eigenvalue weighted by Crippen LogP contribution is -2.33. The van der Waals surface area contributed by atoms with Crippen LogP contribution in [0.25, 0.3) is 11.1 Å². The Labute approximate surface area is 201 Å². The first-order valence-electron chi connectivity index (χ1n) is 10.9. The van der Waals surface area contributed by atoms with E-state index in [1.54, 1.807) is 48.8 Å². The number of nitrogens with one attached hydrogen (secondary N) is 2. The smallest absolute Gasteiger partial charge is 0.414 e. The van der Waals surface area contributed by atoms with Gasteiger partial charge >= 0.3 is 6.09 Å². The molecule has 2 heterocycles. The first-order valence-corrected chi connectivity index (χ1v) is 10.9. The average molecular weight is 477 g/mol. The zero-order valence-corrected chi connectivity index (χ0v) is 18.9. The van der Waals surface area contributed by atoms with Crippen LogP contribution in [0.15, 0.2) is 72.0 Å². The van der Waals surface area contributed by atoms with Crippen LogP contribution in [0, 0.1) is 5.82 Å². The number of amidine groups is 1. The number of rotatable bonds is 7. The zero-order chi connectivity index (χ0) is 24.8. The SMILES string of the molecule is CC(=O)NCC1CN(c2ccc(-c3ccc(CN=C(NO)c4ccncc4)cc3)c(F)c2)C(=O)O1. The van der Waals surface area contributed by atoms with Crippen molar-refractivity contribution in [1.29, 1.82) is 0 Å². The Kier molecular flexibility index (Phi) is 7.32. The lowest BCUT2D eigenvalue weighted by Gasteiger charge is -2.14. The number of carbonyl (C=O) groups is 2. The van der Waals surface area contributed by atoms with E-state index in [-0.39, 0.29) is 19.0 Å². The Hall–Kier alpha value is -4.31. The minimum atomic E-state index is -0.582. The number of aromatic nitrogens is 1. The standard InChI is InChI=1S/C25H24FN5O4/c1-16(32)28-14-21-15-31(25(33)35-21)20-6-7-22(23(26)12-20)18-4-2-17(3-5-18)13-29-24(30-34)19-8-10-27-11-9-19/h2-12,21,34H,13-15H2,1H3,(H,28,32)(H,29,30). The van der Waals surface area contributed by atoms with Crippen LogP contribution in [0.4, 0.5) is 14.9 Å². The number of benzene rings is 2. The molecule has 0 saturated carbocycles. The van der Waals surface area contributed by atoms with Gasteiger partial charge in [0.2, 0.25) is 5.91 Å². The summed E-state index contributed by atoms with van der Waals surface area (Å²) in [4.78, 5) is 32.9. The lowest BCUT2D eigenvalue weighted by atomic mass is 10.0. The third-order valence-corrected chi connectivity index (χ3v) is 5.46. The van der Waals surface area contributed by atoms with Gasteiger partial charge in [-0.2, -0.15) is 0 Å². The quantitative estimate of drug-likeness (QED) is 0.273. The van der Waals surface area contributed by atoms with E-state index in [4.69, 9.17) is 4.74 Å². The van der Waals surface area contributed by atoms with Gasteiger partial charge < -0.3 is 10.1 Å². The molecule has 1 unspecified atom stereocenters. The van der Waals surface area contributed by atoms with Crippen LogP contribution in [-0.4, -0.2) is 47.2 Å². The number of cyclic esters (lactones) is 1. The number of pyridine rings is 1. The maximum Gasteiger partial charge on any atom is 0.414 e. The molecule has 0 spiro atoms. The van der Waals surface area contributed by atoms with Crippen LogP contribution in [0.3, 0.4) is 0 Å². The van der Waals surface area contributed by atoms with Crippen LogP contribution in [0.5, 0.6) is 0 Å². The van der Waals surface area contributed by atoms with Crippen molar-refractivity contribution in [2.45, 2.75) is 19.6 Å². The Morgan fingerprint density at radius 2 is 1.94 bits per heavy atom. The summed E-state index contributed by atoms with van der Waals surface area (Å²) in [6.45, 7) is 2.11. The van der Waals surface area contributed by atoms with Crippen LogP contribution in [0.2, 0.25) is 0 Å². The van der Waals surface area contributed by atoms with E-state index in [0.717, 1.165) is 5.56 Å². The van der Waals surface area contributed by atoms with Gasteiger partial charge in [-0.15, -0.1) is 0 Å². The highest BCUT2D eigenvalue weighted by Crippen LogP contribution is 2.29. The third-order valence-electron chi connectivity index (χ3n) is 5.46. The highest BCUT2D eigenvalue weighted by molar-refractivity contribution is 5.97. The summed E-state index contributed by atoms with van der Waals surface area (Å²) in [6, 6.07) is 15.3. The molecule has 1 aliphatic rings. The second-order valence-electron chi connectivity index (χ2n) is 7.93. The molecular formula is C25H24FN5O4. The molecule has 0 radical (unpaired) electrons. The molecule has 4 rings (SSSR count). The van der Waals surface area contributed by atoms with E-state index >= 15 is 0 Å². The average Bonchev–Trinajstić information content (AvgIpc) is 3.24. The summed E-state index contributed by atoms with van der Waals surface area (Å²) in [5.74, 6) is -0.374. The molecule has 2 aromatic carbocycles. The van der Waals surface area contributed by atoms with Gasteiger partial charge in [0.1, 0.15) is 11.9 Å². The maximum atomic E-state index is 15.0. The molecule has 0 bridgehead atoms. The Bertz CT molecular complexity index is 1230. The van der Waals surface area contributed by atoms with E-state index in [9.17, 15) is 19.2 Å². The summed E-state index contributed by atoms with van der Waals surface area (Å²) >= 11 is 0. The van der Waals surface area contributed by atoms with Crippen LogP contribution in [0.1, 0.15) is 18.1 Å². The van der Waals surface area contributed by atoms with Gasteiger partial charge in [0, 0.05) is 30.4 Å². The van der Waals surface area contributed by atoms with E-state index < -0.39 is 18.0 Å². The van der Waals surface area contributed by atoms with Crippen molar-refractivity contribution in [3.8, 4) is 11.1 Å². The fourth-order valence-electron chi connectivity index (χ4n) is 3.66. The van der Waals surface area contributed by atoms with E-state index in [1.807, 2.05) is 12.1 Å². The monoisotopic (exact) mass is 477 g/mol. The highest BCUT2D eigenvalue weighted by atomic mass is 19.1. The molecule has 1 aliphatic heterocycles. The van der Waals surface area contributed by atoms with Gasteiger partial charge in [-0.05, 0) is 41.5 Å². The minimum Gasteiger partial charge on any atom is -0.442 e. The second kappa shape index (κ2) is 10.7. The first-order chi connectivity index (χ1) is 16.9. The topological polar surface area (TPSA) is 116 Å². The Morgan fingerprint density at radius 1 is 1.20 bits per heavy atom. The normalized spacial score (nSPS) is 15.6. The largest absolute Gasteiger partial charge is 0.442 e. The molecular weight excluding hydrogens is 453 g/mol. The maximum absolute atomic E-state index is 15.0. The highest BCUT2D eigenvalue weighted by Gasteiger charge is 2.32. The molecule has 2 amide bonds. The van der Waals surface area contributed by atoms with Crippen molar-refractivity contribution in [3.63, 3.8) is 0 Å². The number of hydroxylamine groups is 1. The van der Waals surface area contributed by atoms with Gasteiger partial charge in [-0.3, -0.25) is 30.4 Å². The van der Waals surface area contributed by atoms with Gasteiger partial charge in [0.05, 0.1) is 25.3 Å². The van der Waals surface area contributed by atoms with Gasteiger partial charge in [-0.1, -0.05) is 24.3 Å². The molecule has 1 saturated heterocycles. The summed E-state index contributed by atoms with van der Waals surface area (Å²) in [5, 5.41) is 12.0. The number of carbonyl (C=O) groups excluding carboxylic acids is 2. The van der Waals surface area contributed by atoms with Crippen LogP contribution in [-0.2, 0) is 16.1 Å². The fourth-order valence-corrected chi connectivity index (χ4v) is 3.66. The molecule has 35 heavy (non-hydrogen) atoms. The van der Waals surface area contributed by atoms with Gasteiger partial charge in [0.15, 0.2) is 5.84 Å². The number of ether oxygens (including phenoxy) is 1. The summed E-state index contributed by atoms with van der Waals surface area (Å²) in [6.07, 6.45) is 2.13. The third kappa shape index (κ3) is 5.79. The summed E-state index contributed by atoms with van der Waals surface area (Å²) in [5.41, 5.74) is 5.11. The molecule has 1 aromatic heterocycles. The van der Waals surface area contributed by atoms with Crippen LogP contribution >= 0.6 is 0 Å². The second-order valence-corrected chi connectivity index (χ2v) is 7.93. The lowest BCUT2D eigenvalue weighted by molar-refractivity contribution is -0.119. The Morgan fingerprint density at radius 3 is 2.60 bits per heavy atom. The number of aliphatic imine (C=N–C) groups is 1.